The van der Waals surface area contributed by atoms with Crippen LogP contribution >= 0.6 is 0 Å². The van der Waals surface area contributed by atoms with Crippen molar-refractivity contribution in [3.63, 3.8) is 0 Å². The van der Waals surface area contributed by atoms with Crippen LogP contribution in [0.25, 0.3) is 0 Å². The predicted octanol–water partition coefficient (Wildman–Crippen LogP) is 1.66. The van der Waals surface area contributed by atoms with Crippen LogP contribution in [0.2, 0.25) is 0 Å². The first-order chi connectivity index (χ1) is 12.5. The van der Waals surface area contributed by atoms with E-state index in [9.17, 15) is 9.59 Å². The smallest absolute Gasteiger partial charge is 0.310 e. The zero-order valence-corrected chi connectivity index (χ0v) is 15.5. The highest BCUT2D eigenvalue weighted by Gasteiger charge is 2.64. The van der Waals surface area contributed by atoms with Crippen LogP contribution in [0.4, 0.5) is 0 Å². The van der Waals surface area contributed by atoms with Crippen LogP contribution in [-0.2, 0) is 28.5 Å². The zero-order valence-electron chi connectivity index (χ0n) is 15.5. The van der Waals surface area contributed by atoms with Crippen molar-refractivity contribution < 1.29 is 28.5 Å². The largest absolute Gasteiger partial charge is 0.463 e. The van der Waals surface area contributed by atoms with E-state index in [-0.39, 0.29) is 41.9 Å². The van der Waals surface area contributed by atoms with Crippen molar-refractivity contribution in [2.24, 2.45) is 47.3 Å². The molecule has 0 aromatic heterocycles. The van der Waals surface area contributed by atoms with Gasteiger partial charge in [-0.1, -0.05) is 13.8 Å². The molecule has 5 aliphatic rings. The van der Waals surface area contributed by atoms with Crippen LogP contribution in [0, 0.1) is 47.3 Å². The average Bonchev–Trinajstić information content (AvgIpc) is 3.53. The molecule has 3 saturated carbocycles. The van der Waals surface area contributed by atoms with Crippen LogP contribution in [0.15, 0.2) is 0 Å². The van der Waals surface area contributed by atoms with Crippen molar-refractivity contribution in [3.05, 3.63) is 0 Å². The van der Waals surface area contributed by atoms with E-state index >= 15 is 0 Å². The minimum absolute atomic E-state index is 0.0487. The summed E-state index contributed by atoms with van der Waals surface area (Å²) in [6, 6.07) is 0. The predicted molar refractivity (Wildman–Crippen MR) is 89.9 cm³/mol. The lowest BCUT2D eigenvalue weighted by Crippen LogP contribution is -2.38. The number of rotatable bonds is 6. The molecule has 0 radical (unpaired) electrons. The maximum Gasteiger partial charge on any atom is 0.310 e. The molecule has 5 fully saturated rings. The molecule has 26 heavy (non-hydrogen) atoms. The van der Waals surface area contributed by atoms with Crippen LogP contribution in [0.1, 0.15) is 26.7 Å². The summed E-state index contributed by atoms with van der Waals surface area (Å²) in [6.07, 6.45) is 2.07. The van der Waals surface area contributed by atoms with Gasteiger partial charge in [-0.25, -0.2) is 0 Å². The lowest BCUT2D eigenvalue weighted by atomic mass is 9.69. The molecule has 0 spiro atoms. The molecule has 2 aliphatic heterocycles. The average molecular weight is 364 g/mol. The van der Waals surface area contributed by atoms with Gasteiger partial charge in [0.05, 0.1) is 25.0 Å². The maximum absolute atomic E-state index is 12.9. The van der Waals surface area contributed by atoms with E-state index in [4.69, 9.17) is 18.9 Å². The fourth-order valence-electron chi connectivity index (χ4n) is 6.22. The molecular formula is C20H28O6. The van der Waals surface area contributed by atoms with Crippen LogP contribution in [0.3, 0.4) is 0 Å². The summed E-state index contributed by atoms with van der Waals surface area (Å²) in [5.41, 5.74) is 0. The van der Waals surface area contributed by atoms with E-state index in [1.807, 2.05) is 0 Å². The SMILES string of the molecule is CC1C(C)C2CC1C1CC(C(=O)OCC3CO3)C(C(=O)OCC3CO3)C21. The van der Waals surface area contributed by atoms with Crippen molar-refractivity contribution in [3.8, 4) is 0 Å². The Balaban J connectivity index is 1.34. The highest BCUT2D eigenvalue weighted by molar-refractivity contribution is 5.83. The second-order valence-corrected chi connectivity index (χ2v) is 9.06. The first-order valence-corrected chi connectivity index (χ1v) is 10.1. The van der Waals surface area contributed by atoms with E-state index < -0.39 is 0 Å². The second-order valence-electron chi connectivity index (χ2n) is 9.06. The number of ether oxygens (including phenoxy) is 4. The van der Waals surface area contributed by atoms with Crippen LogP contribution in [0.5, 0.6) is 0 Å². The van der Waals surface area contributed by atoms with E-state index in [2.05, 4.69) is 13.8 Å². The van der Waals surface area contributed by atoms with Gasteiger partial charge in [0, 0.05) is 0 Å². The summed E-state index contributed by atoms with van der Waals surface area (Å²) in [6.45, 7) is 6.58. The molecule has 6 nitrogen and oxygen atoms in total. The number of carbonyl (C=O) groups excluding carboxylic acids is 2. The summed E-state index contributed by atoms with van der Waals surface area (Å²) in [4.78, 5) is 25.7. The fraction of sp³-hybridized carbons (Fsp3) is 0.900. The monoisotopic (exact) mass is 364 g/mol. The summed E-state index contributed by atoms with van der Waals surface area (Å²) in [7, 11) is 0. The van der Waals surface area contributed by atoms with Crippen molar-refractivity contribution >= 4 is 11.9 Å². The third kappa shape index (κ3) is 2.76. The van der Waals surface area contributed by atoms with Gasteiger partial charge in [0.1, 0.15) is 25.4 Å². The fourth-order valence-corrected chi connectivity index (χ4v) is 6.22. The lowest BCUT2D eigenvalue weighted by molar-refractivity contribution is -0.162. The van der Waals surface area contributed by atoms with E-state index in [1.165, 1.54) is 6.42 Å². The van der Waals surface area contributed by atoms with Gasteiger partial charge >= 0.3 is 11.9 Å². The number of hydrogen-bond donors (Lipinski definition) is 0. The molecule has 0 amide bonds. The van der Waals surface area contributed by atoms with Gasteiger partial charge < -0.3 is 18.9 Å². The van der Waals surface area contributed by atoms with Gasteiger partial charge in [0.2, 0.25) is 0 Å². The Morgan fingerprint density at radius 1 is 0.846 bits per heavy atom. The van der Waals surface area contributed by atoms with Gasteiger partial charge in [-0.05, 0) is 48.3 Å². The molecule has 0 aromatic rings. The maximum atomic E-state index is 12.9. The third-order valence-corrected chi connectivity index (χ3v) is 7.84. The minimum Gasteiger partial charge on any atom is -0.463 e. The van der Waals surface area contributed by atoms with Gasteiger partial charge in [0.15, 0.2) is 0 Å². The van der Waals surface area contributed by atoms with Crippen molar-refractivity contribution in [2.75, 3.05) is 26.4 Å². The molecule has 10 unspecified atom stereocenters. The van der Waals surface area contributed by atoms with Crippen LogP contribution < -0.4 is 0 Å². The molecule has 10 atom stereocenters. The molecule has 6 heteroatoms. The Kier molecular flexibility index (Phi) is 4.05. The standard InChI is InChI=1S/C20H28O6/c1-9-10(2)14-3-13(9)15-4-16(19(21)25-7-11-5-23-11)18(17(14)15)20(22)26-8-12-6-24-12/h9-18H,3-8H2,1-2H3. The molecule has 2 bridgehead atoms. The zero-order chi connectivity index (χ0) is 18.0. The number of esters is 2. The number of fused-ring (bicyclic) bond motifs is 5. The second kappa shape index (κ2) is 6.20. The summed E-state index contributed by atoms with van der Waals surface area (Å²) < 4.78 is 21.3. The first kappa shape index (κ1) is 17.0. The highest BCUT2D eigenvalue weighted by atomic mass is 16.6. The molecule has 3 aliphatic carbocycles. The van der Waals surface area contributed by atoms with Gasteiger partial charge in [0.25, 0.3) is 0 Å². The van der Waals surface area contributed by atoms with Gasteiger partial charge in [-0.15, -0.1) is 0 Å². The van der Waals surface area contributed by atoms with Gasteiger partial charge in [-0.2, -0.15) is 0 Å². The molecule has 0 aromatic carbocycles. The minimum atomic E-state index is -0.362. The van der Waals surface area contributed by atoms with E-state index in [0.717, 1.165) is 6.42 Å². The first-order valence-electron chi connectivity index (χ1n) is 10.1. The Morgan fingerprint density at radius 3 is 2.04 bits per heavy atom. The number of epoxide rings is 2. The molecule has 5 rings (SSSR count). The van der Waals surface area contributed by atoms with E-state index in [0.29, 0.717) is 56.0 Å². The summed E-state index contributed by atoms with van der Waals surface area (Å²) in [5.74, 6) is 2.00. The topological polar surface area (TPSA) is 77.7 Å². The molecular weight excluding hydrogens is 336 g/mol. The number of carbonyl (C=O) groups is 2. The molecule has 2 saturated heterocycles. The third-order valence-electron chi connectivity index (χ3n) is 7.84. The highest BCUT2D eigenvalue weighted by Crippen LogP contribution is 2.66. The van der Waals surface area contributed by atoms with Crippen molar-refractivity contribution in [1.29, 1.82) is 0 Å². The summed E-state index contributed by atoms with van der Waals surface area (Å²) in [5, 5.41) is 0. The Morgan fingerprint density at radius 2 is 1.42 bits per heavy atom. The molecule has 144 valence electrons. The van der Waals surface area contributed by atoms with Crippen LogP contribution in [-0.4, -0.2) is 50.6 Å². The quantitative estimate of drug-likeness (QED) is 0.527. The van der Waals surface area contributed by atoms with Crippen molar-refractivity contribution in [2.45, 2.75) is 38.9 Å². The lowest BCUT2D eigenvalue weighted by Gasteiger charge is -2.36. The Labute approximate surface area is 153 Å². The molecule has 0 N–H and O–H groups in total. The Hall–Kier alpha value is -1.14. The van der Waals surface area contributed by atoms with Crippen molar-refractivity contribution in [1.82, 2.24) is 0 Å². The normalized spacial score (nSPS) is 50.4. The summed E-state index contributed by atoms with van der Waals surface area (Å²) >= 11 is 0. The van der Waals surface area contributed by atoms with Gasteiger partial charge in [-0.3, -0.25) is 9.59 Å². The van der Waals surface area contributed by atoms with E-state index in [1.54, 1.807) is 0 Å². The Bertz CT molecular complexity index is 597. The molecule has 2 heterocycles. The number of hydrogen-bond acceptors (Lipinski definition) is 6.